The van der Waals surface area contributed by atoms with Crippen molar-refractivity contribution < 1.29 is 14.3 Å². The molecule has 148 valence electrons. The average Bonchev–Trinajstić information content (AvgIpc) is 3.05. The van der Waals surface area contributed by atoms with E-state index in [4.69, 9.17) is 4.42 Å². The molecule has 0 unspecified atom stereocenters. The first-order valence-corrected chi connectivity index (χ1v) is 10.4. The number of benzene rings is 1. The SMILES string of the molecule is CCCCC#Cc1cc(C#CCCCC)c2oc(CCCC)c(C(=O)O)c2c1. The van der Waals surface area contributed by atoms with Crippen LogP contribution in [0.15, 0.2) is 16.5 Å². The summed E-state index contributed by atoms with van der Waals surface area (Å²) >= 11 is 0. The van der Waals surface area contributed by atoms with Gasteiger partial charge in [0.05, 0.1) is 5.56 Å². The number of hydrogen-bond acceptors (Lipinski definition) is 2. The van der Waals surface area contributed by atoms with Gasteiger partial charge in [0.2, 0.25) is 0 Å². The van der Waals surface area contributed by atoms with Gasteiger partial charge in [0.1, 0.15) is 11.3 Å². The topological polar surface area (TPSA) is 50.4 Å². The van der Waals surface area contributed by atoms with Gasteiger partial charge in [0, 0.05) is 30.2 Å². The predicted octanol–water partition coefficient (Wildman–Crippen LogP) is 6.56. The zero-order chi connectivity index (χ0) is 20.4. The van der Waals surface area contributed by atoms with Crippen LogP contribution in [0.5, 0.6) is 0 Å². The minimum absolute atomic E-state index is 0.261. The van der Waals surface area contributed by atoms with Crippen molar-refractivity contribution in [2.45, 2.75) is 78.6 Å². The van der Waals surface area contributed by atoms with E-state index in [-0.39, 0.29) is 5.56 Å². The molecule has 0 aliphatic carbocycles. The number of carbonyl (C=O) groups is 1. The molecule has 0 radical (unpaired) electrons. The highest BCUT2D eigenvalue weighted by Crippen LogP contribution is 2.31. The lowest BCUT2D eigenvalue weighted by Gasteiger charge is -1.98. The van der Waals surface area contributed by atoms with E-state index in [2.05, 4.69) is 44.5 Å². The van der Waals surface area contributed by atoms with Gasteiger partial charge in [0.25, 0.3) is 0 Å². The Bertz CT molecular complexity index is 926. The second-order valence-corrected chi connectivity index (χ2v) is 7.02. The van der Waals surface area contributed by atoms with Crippen LogP contribution in [0, 0.1) is 23.7 Å². The first-order chi connectivity index (χ1) is 13.6. The number of furan rings is 1. The molecule has 0 fully saturated rings. The zero-order valence-corrected chi connectivity index (χ0v) is 17.3. The van der Waals surface area contributed by atoms with Gasteiger partial charge in [-0.1, -0.05) is 63.7 Å². The molecule has 1 aromatic heterocycles. The molecule has 0 saturated heterocycles. The normalized spacial score (nSPS) is 10.2. The highest BCUT2D eigenvalue weighted by Gasteiger charge is 2.22. The van der Waals surface area contributed by atoms with Gasteiger partial charge >= 0.3 is 5.97 Å². The monoisotopic (exact) mass is 378 g/mol. The standard InChI is InChI=1S/C25H30O3/c1-4-7-10-12-14-19-17-20(15-13-11-8-5-2)24-21(18-19)23(25(26)27)22(28-24)16-9-6-3/h17-18H,4-11,16H2,1-3H3,(H,26,27). The van der Waals surface area contributed by atoms with Crippen LogP contribution >= 0.6 is 0 Å². The average molecular weight is 379 g/mol. The lowest BCUT2D eigenvalue weighted by atomic mass is 10.0. The van der Waals surface area contributed by atoms with Crippen molar-refractivity contribution in [3.8, 4) is 23.7 Å². The summed E-state index contributed by atoms with van der Waals surface area (Å²) in [6.07, 6.45) is 8.46. The quantitative estimate of drug-likeness (QED) is 0.418. The minimum atomic E-state index is -0.953. The third kappa shape index (κ3) is 5.67. The van der Waals surface area contributed by atoms with E-state index >= 15 is 0 Å². The van der Waals surface area contributed by atoms with E-state index in [1.54, 1.807) is 0 Å². The Morgan fingerprint density at radius 2 is 1.61 bits per heavy atom. The summed E-state index contributed by atoms with van der Waals surface area (Å²) in [5.74, 6) is 12.3. The van der Waals surface area contributed by atoms with Gasteiger partial charge < -0.3 is 9.52 Å². The summed E-state index contributed by atoms with van der Waals surface area (Å²) in [5.41, 5.74) is 2.37. The molecule has 3 heteroatoms. The summed E-state index contributed by atoms with van der Waals surface area (Å²) in [6.45, 7) is 6.36. The lowest BCUT2D eigenvalue weighted by molar-refractivity contribution is 0.0696. The smallest absolute Gasteiger partial charge is 0.339 e. The summed E-state index contributed by atoms with van der Waals surface area (Å²) in [6, 6.07) is 3.77. The fourth-order valence-corrected chi connectivity index (χ4v) is 3.01. The van der Waals surface area contributed by atoms with Gasteiger partial charge in [-0.05, 0) is 31.4 Å². The highest BCUT2D eigenvalue weighted by atomic mass is 16.4. The Balaban J connectivity index is 2.58. The summed E-state index contributed by atoms with van der Waals surface area (Å²) in [4.78, 5) is 11.9. The number of rotatable bonds is 8. The number of fused-ring (bicyclic) bond motifs is 1. The third-order valence-corrected chi connectivity index (χ3v) is 4.60. The summed E-state index contributed by atoms with van der Waals surface area (Å²) in [5, 5.41) is 10.4. The summed E-state index contributed by atoms with van der Waals surface area (Å²) < 4.78 is 6.02. The Labute approximate surface area is 168 Å². The van der Waals surface area contributed by atoms with Crippen molar-refractivity contribution >= 4 is 16.9 Å². The van der Waals surface area contributed by atoms with Crippen LogP contribution in [0.3, 0.4) is 0 Å². The van der Waals surface area contributed by atoms with E-state index < -0.39 is 5.97 Å². The number of carboxylic acid groups (broad SMARTS) is 1. The van der Waals surface area contributed by atoms with Gasteiger partial charge in [0.15, 0.2) is 5.58 Å². The molecular formula is C25H30O3. The number of unbranched alkanes of at least 4 members (excludes halogenated alkanes) is 5. The molecule has 1 aromatic carbocycles. The Morgan fingerprint density at radius 1 is 0.964 bits per heavy atom. The van der Waals surface area contributed by atoms with Crippen LogP contribution in [0.25, 0.3) is 11.0 Å². The van der Waals surface area contributed by atoms with Gasteiger partial charge in [-0.15, -0.1) is 0 Å². The molecule has 0 aliphatic heterocycles. The molecule has 1 heterocycles. The lowest BCUT2D eigenvalue weighted by Crippen LogP contribution is -1.99. The first kappa shape index (κ1) is 21.6. The fraction of sp³-hybridized carbons (Fsp3) is 0.480. The van der Waals surface area contributed by atoms with E-state index in [1.165, 1.54) is 0 Å². The maximum atomic E-state index is 11.9. The Hall–Kier alpha value is -2.65. The Morgan fingerprint density at radius 3 is 2.21 bits per heavy atom. The van der Waals surface area contributed by atoms with Crippen LogP contribution < -0.4 is 0 Å². The maximum absolute atomic E-state index is 11.9. The van der Waals surface area contributed by atoms with Crippen LogP contribution in [-0.4, -0.2) is 11.1 Å². The largest absolute Gasteiger partial charge is 0.478 e. The molecule has 1 N–H and O–H groups in total. The third-order valence-electron chi connectivity index (χ3n) is 4.60. The van der Waals surface area contributed by atoms with E-state index in [0.717, 1.165) is 62.5 Å². The van der Waals surface area contributed by atoms with Crippen LogP contribution in [0.2, 0.25) is 0 Å². The van der Waals surface area contributed by atoms with Gasteiger partial charge in [-0.2, -0.15) is 0 Å². The molecule has 0 amide bonds. The van der Waals surface area contributed by atoms with Gasteiger partial charge in [-0.25, -0.2) is 4.79 Å². The van der Waals surface area contributed by atoms with Crippen molar-refractivity contribution in [1.82, 2.24) is 0 Å². The number of carboxylic acids is 1. The number of hydrogen-bond donors (Lipinski definition) is 1. The van der Waals surface area contributed by atoms with Crippen LogP contribution in [0.1, 0.15) is 99.4 Å². The summed E-state index contributed by atoms with van der Waals surface area (Å²) in [7, 11) is 0. The fourth-order valence-electron chi connectivity index (χ4n) is 3.01. The van der Waals surface area contributed by atoms with Crippen molar-refractivity contribution in [1.29, 1.82) is 0 Å². The molecular weight excluding hydrogens is 348 g/mol. The number of aromatic carboxylic acids is 1. The first-order valence-electron chi connectivity index (χ1n) is 10.4. The second kappa shape index (κ2) is 11.3. The zero-order valence-electron chi connectivity index (χ0n) is 17.3. The van der Waals surface area contributed by atoms with Crippen molar-refractivity contribution in [3.63, 3.8) is 0 Å². The molecule has 0 spiro atoms. The molecule has 2 rings (SSSR count). The molecule has 0 aliphatic rings. The highest BCUT2D eigenvalue weighted by molar-refractivity contribution is 6.05. The molecule has 0 atom stereocenters. The van der Waals surface area contributed by atoms with Crippen molar-refractivity contribution in [2.24, 2.45) is 0 Å². The molecule has 0 bridgehead atoms. The Kier molecular flexibility index (Phi) is 8.70. The molecule has 0 saturated carbocycles. The van der Waals surface area contributed by atoms with Gasteiger partial charge in [-0.3, -0.25) is 0 Å². The molecule has 3 nitrogen and oxygen atoms in total. The van der Waals surface area contributed by atoms with E-state index in [0.29, 0.717) is 23.2 Å². The minimum Gasteiger partial charge on any atom is -0.478 e. The van der Waals surface area contributed by atoms with E-state index in [1.807, 2.05) is 12.1 Å². The second-order valence-electron chi connectivity index (χ2n) is 7.02. The van der Waals surface area contributed by atoms with Crippen molar-refractivity contribution in [2.75, 3.05) is 0 Å². The van der Waals surface area contributed by atoms with Crippen LogP contribution in [-0.2, 0) is 6.42 Å². The van der Waals surface area contributed by atoms with Crippen LogP contribution in [0.4, 0.5) is 0 Å². The predicted molar refractivity (Wildman–Crippen MR) is 115 cm³/mol. The maximum Gasteiger partial charge on any atom is 0.339 e. The van der Waals surface area contributed by atoms with Crippen molar-refractivity contribution in [3.05, 3.63) is 34.6 Å². The molecule has 28 heavy (non-hydrogen) atoms. The number of aryl methyl sites for hydroxylation is 1. The molecule has 2 aromatic rings. The van der Waals surface area contributed by atoms with E-state index in [9.17, 15) is 9.90 Å².